The quantitative estimate of drug-likeness (QED) is 0.838. The molecule has 0 bridgehead atoms. The number of carbonyl (C=O) groups is 2. The molecular formula is C11H12FN3O4. The number of carbonyl (C=O) groups excluding carboxylic acids is 1. The number of alkyl halides is 1. The van der Waals surface area contributed by atoms with E-state index in [1.165, 1.54) is 19.2 Å². The SMILES string of the molecule is COc1ccc(C(=O)N2CCC(F)(C(=O)O)C2)nn1. The molecule has 1 aromatic heterocycles. The Kier molecular flexibility index (Phi) is 3.32. The maximum absolute atomic E-state index is 13.8. The number of hydrogen-bond acceptors (Lipinski definition) is 5. The molecule has 1 atom stereocenters. The first-order chi connectivity index (χ1) is 8.96. The molecule has 2 heterocycles. The van der Waals surface area contributed by atoms with Crippen molar-refractivity contribution in [1.82, 2.24) is 15.1 Å². The van der Waals surface area contributed by atoms with Crippen molar-refractivity contribution in [3.63, 3.8) is 0 Å². The first-order valence-electron chi connectivity index (χ1n) is 5.55. The van der Waals surface area contributed by atoms with E-state index in [0.29, 0.717) is 0 Å². The van der Waals surface area contributed by atoms with Crippen molar-refractivity contribution < 1.29 is 23.8 Å². The van der Waals surface area contributed by atoms with E-state index >= 15 is 0 Å². The third kappa shape index (κ3) is 2.47. The van der Waals surface area contributed by atoms with Crippen LogP contribution in [0.3, 0.4) is 0 Å². The van der Waals surface area contributed by atoms with Crippen molar-refractivity contribution in [2.24, 2.45) is 0 Å². The van der Waals surface area contributed by atoms with Crippen LogP contribution in [0.5, 0.6) is 5.88 Å². The summed E-state index contributed by atoms with van der Waals surface area (Å²) in [5.41, 5.74) is -2.36. The lowest BCUT2D eigenvalue weighted by molar-refractivity contribution is -0.149. The largest absolute Gasteiger partial charge is 0.480 e. The summed E-state index contributed by atoms with van der Waals surface area (Å²) in [6.45, 7) is -0.440. The van der Waals surface area contributed by atoms with Crippen LogP contribution < -0.4 is 4.74 Å². The van der Waals surface area contributed by atoms with Gasteiger partial charge in [-0.15, -0.1) is 10.2 Å². The smallest absolute Gasteiger partial charge is 0.343 e. The van der Waals surface area contributed by atoms with Crippen LogP contribution in [-0.2, 0) is 4.79 Å². The van der Waals surface area contributed by atoms with Gasteiger partial charge >= 0.3 is 5.97 Å². The van der Waals surface area contributed by atoms with Gasteiger partial charge in [-0.2, -0.15) is 0 Å². The van der Waals surface area contributed by atoms with Crippen LogP contribution in [0.2, 0.25) is 0 Å². The fourth-order valence-electron chi connectivity index (χ4n) is 1.83. The molecule has 7 nitrogen and oxygen atoms in total. The summed E-state index contributed by atoms with van der Waals surface area (Å²) in [5, 5.41) is 16.0. The monoisotopic (exact) mass is 269 g/mol. The number of rotatable bonds is 3. The summed E-state index contributed by atoms with van der Waals surface area (Å²) in [7, 11) is 1.41. The maximum Gasteiger partial charge on any atom is 0.343 e. The first kappa shape index (κ1) is 13.2. The number of halogens is 1. The first-order valence-corrected chi connectivity index (χ1v) is 5.55. The van der Waals surface area contributed by atoms with E-state index in [9.17, 15) is 14.0 Å². The Hall–Kier alpha value is -2.25. The van der Waals surface area contributed by atoms with Gasteiger partial charge < -0.3 is 14.7 Å². The van der Waals surface area contributed by atoms with Crippen LogP contribution in [0.4, 0.5) is 4.39 Å². The zero-order valence-corrected chi connectivity index (χ0v) is 10.2. The van der Waals surface area contributed by atoms with E-state index in [0.717, 1.165) is 4.90 Å². The van der Waals surface area contributed by atoms with Gasteiger partial charge in [0.2, 0.25) is 11.5 Å². The maximum atomic E-state index is 13.8. The van der Waals surface area contributed by atoms with E-state index in [2.05, 4.69) is 10.2 Å². The molecule has 19 heavy (non-hydrogen) atoms. The molecule has 0 aromatic carbocycles. The Labute approximate surface area is 108 Å². The highest BCUT2D eigenvalue weighted by Crippen LogP contribution is 2.26. The van der Waals surface area contributed by atoms with Gasteiger partial charge in [0.1, 0.15) is 0 Å². The molecule has 0 spiro atoms. The lowest BCUT2D eigenvalue weighted by atomic mass is 10.1. The van der Waals surface area contributed by atoms with Gasteiger partial charge in [0.05, 0.1) is 13.7 Å². The summed E-state index contributed by atoms with van der Waals surface area (Å²) in [5.74, 6) is -1.84. The Bertz CT molecular complexity index is 507. The predicted octanol–water partition coefficient (Wildman–Crippen LogP) is 0.124. The van der Waals surface area contributed by atoms with Gasteiger partial charge in [0, 0.05) is 19.0 Å². The summed E-state index contributed by atoms with van der Waals surface area (Å²) in [6.07, 6.45) is -0.225. The van der Waals surface area contributed by atoms with Crippen LogP contribution in [0.1, 0.15) is 16.9 Å². The lowest BCUT2D eigenvalue weighted by Gasteiger charge is -2.17. The fourth-order valence-corrected chi connectivity index (χ4v) is 1.83. The number of hydrogen-bond donors (Lipinski definition) is 1. The average Bonchev–Trinajstić information content (AvgIpc) is 2.82. The molecule has 102 valence electrons. The van der Waals surface area contributed by atoms with Crippen LogP contribution >= 0.6 is 0 Å². The molecule has 1 unspecified atom stereocenters. The highest BCUT2D eigenvalue weighted by molar-refractivity contribution is 5.93. The molecule has 1 saturated heterocycles. The van der Waals surface area contributed by atoms with Crippen LogP contribution in [0.15, 0.2) is 12.1 Å². The normalized spacial score (nSPS) is 22.3. The number of methoxy groups -OCH3 is 1. The number of nitrogens with zero attached hydrogens (tertiary/aromatic N) is 3. The molecule has 1 aliphatic rings. The summed E-state index contributed by atoms with van der Waals surface area (Å²) in [6, 6.07) is 2.85. The van der Waals surface area contributed by atoms with Crippen LogP contribution in [-0.4, -0.2) is 57.9 Å². The van der Waals surface area contributed by atoms with Crippen LogP contribution in [0.25, 0.3) is 0 Å². The van der Waals surface area contributed by atoms with Crippen LogP contribution in [0, 0.1) is 0 Å². The van der Waals surface area contributed by atoms with Gasteiger partial charge in [-0.3, -0.25) is 4.79 Å². The molecular weight excluding hydrogens is 257 g/mol. The highest BCUT2D eigenvalue weighted by Gasteiger charge is 2.47. The Morgan fingerprint density at radius 2 is 2.21 bits per heavy atom. The van der Waals surface area contributed by atoms with Gasteiger partial charge in [-0.05, 0) is 6.07 Å². The molecule has 1 N–H and O–H groups in total. The zero-order chi connectivity index (χ0) is 14.0. The second-order valence-electron chi connectivity index (χ2n) is 4.21. The molecule has 1 amide bonds. The number of amides is 1. The molecule has 0 saturated carbocycles. The number of aliphatic carboxylic acids is 1. The highest BCUT2D eigenvalue weighted by atomic mass is 19.1. The van der Waals surface area contributed by atoms with Crippen molar-refractivity contribution in [1.29, 1.82) is 0 Å². The standard InChI is InChI=1S/C11H12FN3O4/c1-19-8-3-2-7(13-14-8)9(16)15-5-4-11(12,6-15)10(17)18/h2-3H,4-6H2,1H3,(H,17,18). The van der Waals surface area contributed by atoms with Crippen molar-refractivity contribution in [2.45, 2.75) is 12.1 Å². The second-order valence-corrected chi connectivity index (χ2v) is 4.21. The number of aromatic nitrogens is 2. The predicted molar refractivity (Wildman–Crippen MR) is 60.6 cm³/mol. The molecule has 1 fully saturated rings. The topological polar surface area (TPSA) is 92.6 Å². The Balaban J connectivity index is 2.11. The minimum atomic E-state index is -2.38. The molecule has 2 rings (SSSR count). The number of ether oxygens (including phenoxy) is 1. The summed E-state index contributed by atoms with van der Waals surface area (Å²) >= 11 is 0. The Morgan fingerprint density at radius 1 is 1.47 bits per heavy atom. The van der Waals surface area contributed by atoms with Gasteiger partial charge in [0.25, 0.3) is 5.91 Å². The van der Waals surface area contributed by atoms with E-state index in [1.807, 2.05) is 0 Å². The van der Waals surface area contributed by atoms with E-state index in [-0.39, 0.29) is 24.5 Å². The van der Waals surface area contributed by atoms with E-state index in [4.69, 9.17) is 9.84 Å². The van der Waals surface area contributed by atoms with E-state index < -0.39 is 24.1 Å². The van der Waals surface area contributed by atoms with Gasteiger partial charge in [0.15, 0.2) is 5.69 Å². The zero-order valence-electron chi connectivity index (χ0n) is 10.2. The number of carboxylic acids is 1. The summed E-state index contributed by atoms with van der Waals surface area (Å²) < 4.78 is 18.6. The van der Waals surface area contributed by atoms with Crippen molar-refractivity contribution in [3.8, 4) is 5.88 Å². The number of carboxylic acid groups (broad SMARTS) is 1. The Morgan fingerprint density at radius 3 is 2.68 bits per heavy atom. The molecule has 1 aliphatic heterocycles. The molecule has 0 aliphatic carbocycles. The van der Waals surface area contributed by atoms with Gasteiger partial charge in [-0.1, -0.05) is 0 Å². The molecule has 8 heteroatoms. The number of likely N-dealkylation sites (tertiary alicyclic amines) is 1. The molecule has 1 aromatic rings. The minimum Gasteiger partial charge on any atom is -0.480 e. The third-order valence-corrected chi connectivity index (χ3v) is 2.96. The minimum absolute atomic E-state index is 0.0236. The third-order valence-electron chi connectivity index (χ3n) is 2.96. The van der Waals surface area contributed by atoms with E-state index in [1.54, 1.807) is 0 Å². The lowest BCUT2D eigenvalue weighted by Crippen LogP contribution is -2.39. The van der Waals surface area contributed by atoms with Gasteiger partial charge in [-0.25, -0.2) is 9.18 Å². The van der Waals surface area contributed by atoms with Crippen molar-refractivity contribution in [2.75, 3.05) is 20.2 Å². The average molecular weight is 269 g/mol. The van der Waals surface area contributed by atoms with Crippen molar-refractivity contribution in [3.05, 3.63) is 17.8 Å². The fraction of sp³-hybridized carbons (Fsp3) is 0.455. The molecule has 0 radical (unpaired) electrons. The second kappa shape index (κ2) is 4.79. The van der Waals surface area contributed by atoms with Crippen molar-refractivity contribution >= 4 is 11.9 Å². The summed E-state index contributed by atoms with van der Waals surface area (Å²) in [4.78, 5) is 23.8.